The molecule has 1 aromatic rings. The standard InChI is InChI=1S/C13H22OSi.C9H13.CH2.2ClH.Ti/c1-10-7-11(14)9-12(8-10)15(5,6)13(2,3)4;1-6-5-7(2)9(4)8(6)3;;;;/h7-9,14H,1-6H3;6H,1-4H3;1H2;2*1H;/q;-1;;;;+1. The van der Waals surface area contributed by atoms with Crippen molar-refractivity contribution in [1.82, 2.24) is 0 Å². The minimum atomic E-state index is -1.50. The molecular weight excluding hydrogens is 439 g/mol. The first-order valence-corrected chi connectivity index (χ1v) is 13.3. The van der Waals surface area contributed by atoms with Gasteiger partial charge in [-0.3, -0.25) is 6.08 Å². The third-order valence-electron chi connectivity index (χ3n) is 5.90. The van der Waals surface area contributed by atoms with Crippen molar-refractivity contribution in [2.45, 2.75) is 73.5 Å². The van der Waals surface area contributed by atoms with Crippen LogP contribution in [0.25, 0.3) is 0 Å². The molecule has 0 spiro atoms. The van der Waals surface area contributed by atoms with Crippen molar-refractivity contribution in [2.75, 3.05) is 0 Å². The number of benzene rings is 1. The normalized spacial score (nSPS) is 15.9. The Morgan fingerprint density at radius 1 is 1.00 bits per heavy atom. The van der Waals surface area contributed by atoms with Gasteiger partial charge < -0.3 is 5.11 Å². The third-order valence-corrected chi connectivity index (χ3v) is 11.4. The Morgan fingerprint density at radius 2 is 1.46 bits per heavy atom. The molecule has 1 unspecified atom stereocenters. The molecule has 2 rings (SSSR count). The van der Waals surface area contributed by atoms with E-state index in [1.54, 1.807) is 20.0 Å². The number of hydrogen-bond donors (Lipinski definition) is 1. The molecule has 159 valence electrons. The Hall–Kier alpha value is -0.119. The Morgan fingerprint density at radius 3 is 1.71 bits per heavy atom. The van der Waals surface area contributed by atoms with Crippen molar-refractivity contribution in [3.05, 3.63) is 46.6 Å². The van der Waals surface area contributed by atoms with E-state index >= 15 is 0 Å². The fraction of sp³-hybridized carbons (Fsp3) is 0.522. The summed E-state index contributed by atoms with van der Waals surface area (Å²) in [4.78, 5) is 3.25. The van der Waals surface area contributed by atoms with Crippen LogP contribution in [-0.4, -0.2) is 18.0 Å². The summed E-state index contributed by atoms with van der Waals surface area (Å²) in [5, 5.41) is 11.3. The number of phenols is 1. The van der Waals surface area contributed by atoms with E-state index in [0.717, 1.165) is 5.56 Å². The van der Waals surface area contributed by atoms with Crippen molar-refractivity contribution < 1.29 is 25.1 Å². The van der Waals surface area contributed by atoms with Gasteiger partial charge in [-0.15, -0.1) is 31.7 Å². The average molecular weight is 478 g/mol. The van der Waals surface area contributed by atoms with Gasteiger partial charge in [-0.2, -0.15) is 11.1 Å². The van der Waals surface area contributed by atoms with Crippen molar-refractivity contribution in [2.24, 2.45) is 5.92 Å². The van der Waals surface area contributed by atoms with E-state index < -0.39 is 8.07 Å². The number of aryl methyl sites for hydroxylation is 1. The van der Waals surface area contributed by atoms with Gasteiger partial charge in [-0.25, -0.2) is 5.57 Å². The van der Waals surface area contributed by atoms with Gasteiger partial charge in [0.1, 0.15) is 5.75 Å². The molecule has 0 bridgehead atoms. The van der Waals surface area contributed by atoms with Gasteiger partial charge in [-0.05, 0) is 29.7 Å². The number of rotatable bonds is 1. The second kappa shape index (κ2) is 13.2. The Kier molecular flexibility index (Phi) is 15.4. The monoisotopic (exact) mass is 477 g/mol. The molecule has 1 aromatic carbocycles. The fourth-order valence-electron chi connectivity index (χ4n) is 2.72. The third kappa shape index (κ3) is 8.71. The zero-order chi connectivity index (χ0) is 20.9. The molecule has 1 nitrogen and oxygen atoms in total. The molecule has 0 aromatic heterocycles. The predicted octanol–water partition coefficient (Wildman–Crippen LogP) is 6.95. The van der Waals surface area contributed by atoms with Gasteiger partial charge in [0.05, 0.1) is 8.07 Å². The van der Waals surface area contributed by atoms with Gasteiger partial charge in [-0.1, -0.05) is 71.8 Å². The number of halogens is 2. The molecular formula is C23H39Cl2OSiTi. The van der Waals surface area contributed by atoms with E-state index in [4.69, 9.17) is 0 Å². The molecule has 28 heavy (non-hydrogen) atoms. The van der Waals surface area contributed by atoms with E-state index in [0.29, 0.717) is 16.7 Å². The quantitative estimate of drug-likeness (QED) is 0.342. The Labute approximate surface area is 198 Å². The van der Waals surface area contributed by atoms with Crippen LogP contribution in [0.15, 0.2) is 34.9 Å². The van der Waals surface area contributed by atoms with Crippen LogP contribution in [0, 0.1) is 18.9 Å². The summed E-state index contributed by atoms with van der Waals surface area (Å²) in [6.45, 7) is 22.3. The topological polar surface area (TPSA) is 20.2 Å². The Balaban J connectivity index is -0.000000416. The van der Waals surface area contributed by atoms with E-state index in [9.17, 15) is 5.11 Å². The van der Waals surface area contributed by atoms with Gasteiger partial charge in [0, 0.05) is 0 Å². The maximum absolute atomic E-state index is 9.65. The van der Waals surface area contributed by atoms with Crippen molar-refractivity contribution in [3.8, 4) is 5.75 Å². The van der Waals surface area contributed by atoms with E-state index in [1.165, 1.54) is 21.9 Å². The van der Waals surface area contributed by atoms with Crippen LogP contribution in [0.3, 0.4) is 0 Å². The molecule has 1 N–H and O–H groups in total. The Bertz CT molecular complexity index is 668. The molecule has 0 saturated carbocycles. The average Bonchev–Trinajstić information content (AvgIpc) is 2.74. The molecule has 1 aliphatic carbocycles. The van der Waals surface area contributed by atoms with Crippen LogP contribution in [0.4, 0.5) is 0 Å². The number of phenolic OH excluding ortho intramolecular Hbond substituents is 1. The summed E-state index contributed by atoms with van der Waals surface area (Å²) in [6.07, 6.45) is 3.36. The molecule has 0 saturated heterocycles. The summed E-state index contributed by atoms with van der Waals surface area (Å²) >= 11 is 1.75. The number of allylic oxidation sites excluding steroid dienone is 4. The molecule has 1 aliphatic rings. The molecule has 0 aliphatic heterocycles. The van der Waals surface area contributed by atoms with Crippen LogP contribution in [0.1, 0.15) is 54.0 Å². The number of aromatic hydroxyl groups is 1. The second-order valence-corrected chi connectivity index (χ2v) is 14.1. The summed E-state index contributed by atoms with van der Waals surface area (Å²) in [5.74, 6) is 0.958. The molecule has 0 fully saturated rings. The first-order valence-electron chi connectivity index (χ1n) is 9.21. The van der Waals surface area contributed by atoms with Crippen LogP contribution in [-0.2, 0) is 20.0 Å². The summed E-state index contributed by atoms with van der Waals surface area (Å²) < 4.78 is 0. The van der Waals surface area contributed by atoms with E-state index in [1.807, 2.05) is 19.1 Å². The molecule has 5 heteroatoms. The molecule has 1 atom stereocenters. The summed E-state index contributed by atoms with van der Waals surface area (Å²) in [6, 6.07) is 5.97. The summed E-state index contributed by atoms with van der Waals surface area (Å²) in [7, 11) is -1.50. The van der Waals surface area contributed by atoms with Gasteiger partial charge in [0.15, 0.2) is 0 Å². The fourth-order valence-corrected chi connectivity index (χ4v) is 4.68. The van der Waals surface area contributed by atoms with Crippen LogP contribution in [0.5, 0.6) is 5.75 Å². The first-order chi connectivity index (χ1) is 11.8. The van der Waals surface area contributed by atoms with E-state index in [2.05, 4.69) is 78.5 Å². The van der Waals surface area contributed by atoms with Gasteiger partial charge >= 0.3 is 24.8 Å². The van der Waals surface area contributed by atoms with Crippen molar-refractivity contribution in [3.63, 3.8) is 0 Å². The maximum atomic E-state index is 9.65. The predicted molar refractivity (Wildman–Crippen MR) is 131 cm³/mol. The van der Waals surface area contributed by atoms with Crippen LogP contribution < -0.4 is 5.19 Å². The van der Waals surface area contributed by atoms with Crippen LogP contribution >= 0.6 is 24.8 Å². The number of hydrogen-bond acceptors (Lipinski definition) is 1. The minimum absolute atomic E-state index is 0. The first kappa shape index (κ1) is 32.5. The van der Waals surface area contributed by atoms with Crippen molar-refractivity contribution in [1.29, 1.82) is 0 Å². The second-order valence-electron chi connectivity index (χ2n) is 8.73. The van der Waals surface area contributed by atoms with E-state index in [-0.39, 0.29) is 24.8 Å². The van der Waals surface area contributed by atoms with Crippen LogP contribution in [0.2, 0.25) is 18.1 Å². The molecule has 0 radical (unpaired) electrons. The zero-order valence-electron chi connectivity index (χ0n) is 19.3. The SMILES string of the molecule is CC1=[C-]C(C)C(C)=C1C.Cc1cc(O)cc([Si](C)(C)C(C)(C)C)c1.Cl.Cl.[CH2]=[Ti+]. The van der Waals surface area contributed by atoms with Crippen molar-refractivity contribution >= 4 is 42.9 Å². The zero-order valence-corrected chi connectivity index (χ0v) is 23.5. The van der Waals surface area contributed by atoms with Gasteiger partial charge in [0.2, 0.25) is 0 Å². The summed E-state index contributed by atoms with van der Waals surface area (Å²) in [5.41, 5.74) is 5.39. The molecule has 0 heterocycles. The van der Waals surface area contributed by atoms with Gasteiger partial charge in [0.25, 0.3) is 0 Å². The molecule has 0 amide bonds.